The predicted octanol–water partition coefficient (Wildman–Crippen LogP) is 0.438. The van der Waals surface area contributed by atoms with Crippen LogP contribution in [-0.4, -0.2) is 29.1 Å². The van der Waals surface area contributed by atoms with Crippen LogP contribution in [0.25, 0.3) is 0 Å². The van der Waals surface area contributed by atoms with Crippen molar-refractivity contribution in [3.05, 3.63) is 30.3 Å². The summed E-state index contributed by atoms with van der Waals surface area (Å²) in [5, 5.41) is 21.1. The van der Waals surface area contributed by atoms with Crippen LogP contribution in [0.5, 0.6) is 0 Å². The molecule has 0 aromatic heterocycles. The lowest BCUT2D eigenvalue weighted by molar-refractivity contribution is 0.148. The number of hydrogen-bond acceptors (Lipinski definition) is 4. The summed E-state index contributed by atoms with van der Waals surface area (Å²) >= 11 is 0. The van der Waals surface area contributed by atoms with Crippen molar-refractivity contribution in [2.24, 2.45) is 5.10 Å². The summed E-state index contributed by atoms with van der Waals surface area (Å²) in [6, 6.07) is 9.35. The molecular formula is C9H12N2O2. The maximum Gasteiger partial charge on any atom is 0.114 e. The highest BCUT2D eigenvalue weighted by Gasteiger charge is 1.93. The van der Waals surface area contributed by atoms with Gasteiger partial charge in [0.2, 0.25) is 0 Å². The molecule has 1 aromatic carbocycles. The molecule has 70 valence electrons. The van der Waals surface area contributed by atoms with Crippen molar-refractivity contribution >= 4 is 11.9 Å². The van der Waals surface area contributed by atoms with Gasteiger partial charge in [0, 0.05) is 0 Å². The smallest absolute Gasteiger partial charge is 0.114 e. The van der Waals surface area contributed by atoms with E-state index in [1.807, 2.05) is 30.3 Å². The molecule has 1 unspecified atom stereocenters. The number of aliphatic hydroxyl groups excluding tert-OH is 2. The highest BCUT2D eigenvalue weighted by atomic mass is 16.3. The van der Waals surface area contributed by atoms with Gasteiger partial charge in [-0.25, -0.2) is 0 Å². The first-order chi connectivity index (χ1) is 6.33. The zero-order chi connectivity index (χ0) is 9.52. The van der Waals surface area contributed by atoms with Crippen molar-refractivity contribution in [2.45, 2.75) is 6.10 Å². The number of aliphatic hydroxyl groups is 2. The Morgan fingerprint density at radius 2 is 2.08 bits per heavy atom. The van der Waals surface area contributed by atoms with Gasteiger partial charge >= 0.3 is 0 Å². The Morgan fingerprint density at radius 3 is 2.69 bits per heavy atom. The minimum atomic E-state index is -0.906. The Kier molecular flexibility index (Phi) is 3.95. The van der Waals surface area contributed by atoms with Crippen molar-refractivity contribution in [3.8, 4) is 0 Å². The summed E-state index contributed by atoms with van der Waals surface area (Å²) in [6.45, 7) is -0.319. The Hall–Kier alpha value is -1.39. The first-order valence-electron chi connectivity index (χ1n) is 3.96. The lowest BCUT2D eigenvalue weighted by Gasteiger charge is -2.00. The zero-order valence-electron chi connectivity index (χ0n) is 7.09. The monoisotopic (exact) mass is 180 g/mol. The van der Waals surface area contributed by atoms with Gasteiger partial charge in [-0.05, 0) is 12.1 Å². The first kappa shape index (κ1) is 9.70. The third-order valence-corrected chi connectivity index (χ3v) is 1.40. The largest absolute Gasteiger partial charge is 0.393 e. The van der Waals surface area contributed by atoms with Gasteiger partial charge in [-0.1, -0.05) is 18.2 Å². The standard InChI is InChI=1S/C9H12N2O2/c12-7-9(13)6-10-11-8-4-2-1-3-5-8/h1-6,9,11-13H,7H2/b10-6-. The van der Waals surface area contributed by atoms with Gasteiger partial charge in [-0.3, -0.25) is 5.43 Å². The highest BCUT2D eigenvalue weighted by Crippen LogP contribution is 2.03. The molecule has 1 atom stereocenters. The predicted molar refractivity (Wildman–Crippen MR) is 51.6 cm³/mol. The van der Waals surface area contributed by atoms with E-state index in [1.54, 1.807) is 0 Å². The second-order valence-electron chi connectivity index (χ2n) is 2.51. The molecule has 1 aromatic rings. The number of nitrogens with one attached hydrogen (secondary N) is 1. The van der Waals surface area contributed by atoms with Crippen LogP contribution in [0.15, 0.2) is 35.4 Å². The third-order valence-electron chi connectivity index (χ3n) is 1.40. The minimum Gasteiger partial charge on any atom is -0.393 e. The zero-order valence-corrected chi connectivity index (χ0v) is 7.09. The van der Waals surface area contributed by atoms with Gasteiger partial charge in [0.15, 0.2) is 0 Å². The molecular weight excluding hydrogens is 168 g/mol. The molecule has 0 aliphatic carbocycles. The van der Waals surface area contributed by atoms with Crippen LogP contribution in [0.4, 0.5) is 5.69 Å². The van der Waals surface area contributed by atoms with Gasteiger partial charge in [0.25, 0.3) is 0 Å². The number of benzene rings is 1. The Bertz CT molecular complexity index is 262. The Labute approximate surface area is 76.5 Å². The Morgan fingerprint density at radius 1 is 1.38 bits per heavy atom. The van der Waals surface area contributed by atoms with Crippen molar-refractivity contribution in [2.75, 3.05) is 12.0 Å². The number of anilines is 1. The second kappa shape index (κ2) is 5.29. The number of para-hydroxylation sites is 1. The summed E-state index contributed by atoms with van der Waals surface area (Å²) in [5.41, 5.74) is 3.55. The van der Waals surface area contributed by atoms with Gasteiger partial charge in [-0.15, -0.1) is 0 Å². The van der Waals surface area contributed by atoms with Crippen LogP contribution < -0.4 is 5.43 Å². The number of hydrogen-bond donors (Lipinski definition) is 3. The fourth-order valence-corrected chi connectivity index (χ4v) is 0.758. The van der Waals surface area contributed by atoms with Crippen LogP contribution in [0.1, 0.15) is 0 Å². The molecule has 0 aliphatic rings. The van der Waals surface area contributed by atoms with E-state index in [2.05, 4.69) is 10.5 Å². The molecule has 0 bridgehead atoms. The average Bonchev–Trinajstić information content (AvgIpc) is 2.19. The molecule has 0 radical (unpaired) electrons. The van der Waals surface area contributed by atoms with Gasteiger partial charge in [-0.2, -0.15) is 5.10 Å². The number of nitrogens with zero attached hydrogens (tertiary/aromatic N) is 1. The number of hydrazone groups is 1. The van der Waals surface area contributed by atoms with Crippen molar-refractivity contribution in [3.63, 3.8) is 0 Å². The maximum absolute atomic E-state index is 8.90. The maximum atomic E-state index is 8.90. The SMILES string of the molecule is OCC(O)/C=N\Nc1ccccc1. The first-order valence-corrected chi connectivity index (χ1v) is 3.96. The summed E-state index contributed by atoms with van der Waals surface area (Å²) in [6.07, 6.45) is 0.337. The minimum absolute atomic E-state index is 0.319. The fraction of sp³-hybridized carbons (Fsp3) is 0.222. The number of rotatable bonds is 4. The van der Waals surface area contributed by atoms with E-state index in [4.69, 9.17) is 10.2 Å². The average molecular weight is 180 g/mol. The lowest BCUT2D eigenvalue weighted by atomic mass is 10.3. The van der Waals surface area contributed by atoms with E-state index in [0.29, 0.717) is 0 Å². The second-order valence-corrected chi connectivity index (χ2v) is 2.51. The van der Waals surface area contributed by atoms with Gasteiger partial charge in [0.05, 0.1) is 18.5 Å². The third kappa shape index (κ3) is 3.68. The molecule has 13 heavy (non-hydrogen) atoms. The fourth-order valence-electron chi connectivity index (χ4n) is 0.758. The van der Waals surface area contributed by atoms with E-state index in [1.165, 1.54) is 6.21 Å². The van der Waals surface area contributed by atoms with Crippen LogP contribution in [-0.2, 0) is 0 Å². The molecule has 0 heterocycles. The van der Waals surface area contributed by atoms with E-state index in [-0.39, 0.29) is 6.61 Å². The molecule has 0 aliphatic heterocycles. The van der Waals surface area contributed by atoms with E-state index in [9.17, 15) is 0 Å². The van der Waals surface area contributed by atoms with E-state index >= 15 is 0 Å². The van der Waals surface area contributed by atoms with E-state index in [0.717, 1.165) is 5.69 Å². The van der Waals surface area contributed by atoms with Crippen LogP contribution in [0, 0.1) is 0 Å². The molecule has 0 saturated heterocycles. The van der Waals surface area contributed by atoms with Crippen LogP contribution in [0.3, 0.4) is 0 Å². The van der Waals surface area contributed by atoms with E-state index < -0.39 is 6.10 Å². The molecule has 0 saturated carbocycles. The molecule has 0 spiro atoms. The quantitative estimate of drug-likeness (QED) is 0.465. The molecule has 0 fully saturated rings. The molecule has 4 nitrogen and oxygen atoms in total. The molecule has 0 amide bonds. The lowest BCUT2D eigenvalue weighted by Crippen LogP contribution is -2.13. The van der Waals surface area contributed by atoms with Crippen LogP contribution >= 0.6 is 0 Å². The van der Waals surface area contributed by atoms with Crippen molar-refractivity contribution in [1.82, 2.24) is 0 Å². The van der Waals surface area contributed by atoms with Crippen molar-refractivity contribution < 1.29 is 10.2 Å². The van der Waals surface area contributed by atoms with Crippen molar-refractivity contribution in [1.29, 1.82) is 0 Å². The summed E-state index contributed by atoms with van der Waals surface area (Å²) < 4.78 is 0. The summed E-state index contributed by atoms with van der Waals surface area (Å²) in [4.78, 5) is 0. The Balaban J connectivity index is 2.39. The van der Waals surface area contributed by atoms with Crippen LogP contribution in [0.2, 0.25) is 0 Å². The van der Waals surface area contributed by atoms with Gasteiger partial charge in [0.1, 0.15) is 6.10 Å². The molecule has 3 N–H and O–H groups in total. The molecule has 1 rings (SSSR count). The normalized spacial score (nSPS) is 13.1. The summed E-state index contributed by atoms with van der Waals surface area (Å²) in [7, 11) is 0. The highest BCUT2D eigenvalue weighted by molar-refractivity contribution is 5.64. The topological polar surface area (TPSA) is 64.8 Å². The van der Waals surface area contributed by atoms with Gasteiger partial charge < -0.3 is 10.2 Å². The molecule has 4 heteroatoms. The summed E-state index contributed by atoms with van der Waals surface area (Å²) in [5.74, 6) is 0.